The maximum absolute atomic E-state index is 11.8. The van der Waals surface area contributed by atoms with Crippen molar-refractivity contribution in [3.05, 3.63) is 41.4 Å². The molecular weight excluding hydrogens is 326 g/mol. The highest BCUT2D eigenvalue weighted by atomic mass is 79.9. The van der Waals surface area contributed by atoms with Gasteiger partial charge in [-0.05, 0) is 30.5 Å². The molecule has 1 atom stereocenters. The van der Waals surface area contributed by atoms with Crippen molar-refractivity contribution in [3.63, 3.8) is 0 Å². The lowest BCUT2D eigenvalue weighted by Gasteiger charge is -2.11. The third kappa shape index (κ3) is 6.26. The van der Waals surface area contributed by atoms with Crippen LogP contribution >= 0.6 is 27.5 Å². The molecule has 0 aliphatic heterocycles. The molecule has 1 aromatic carbocycles. The van der Waals surface area contributed by atoms with Crippen LogP contribution in [0.1, 0.15) is 38.2 Å². The Kier molecular flexibility index (Phi) is 7.17. The van der Waals surface area contributed by atoms with Crippen LogP contribution in [0.25, 0.3) is 5.70 Å². The van der Waals surface area contributed by atoms with Gasteiger partial charge in [-0.2, -0.15) is 0 Å². The first-order valence-electron chi connectivity index (χ1n) is 6.41. The van der Waals surface area contributed by atoms with Crippen LogP contribution in [0.4, 0.5) is 0 Å². The molecule has 0 aliphatic carbocycles. The number of halogens is 2. The Hall–Kier alpha value is -0.800. The van der Waals surface area contributed by atoms with Crippen molar-refractivity contribution in [2.45, 2.75) is 37.4 Å². The fourth-order valence-corrected chi connectivity index (χ4v) is 2.60. The van der Waals surface area contributed by atoms with Crippen molar-refractivity contribution in [3.8, 4) is 0 Å². The molecule has 2 nitrogen and oxygen atoms in total. The number of hydrogen-bond donors (Lipinski definition) is 1. The summed E-state index contributed by atoms with van der Waals surface area (Å²) in [5.74, 6) is -0.00877. The first-order chi connectivity index (χ1) is 9.02. The molecular formula is C15H19BrClNO. The van der Waals surface area contributed by atoms with Gasteiger partial charge < -0.3 is 5.32 Å². The van der Waals surface area contributed by atoms with E-state index in [2.05, 4.69) is 34.7 Å². The molecule has 0 heterocycles. The highest BCUT2D eigenvalue weighted by molar-refractivity contribution is 9.09. The summed E-state index contributed by atoms with van der Waals surface area (Å²) in [4.78, 5) is 12.2. The maximum atomic E-state index is 11.8. The van der Waals surface area contributed by atoms with Gasteiger partial charge in [-0.25, -0.2) is 0 Å². The van der Waals surface area contributed by atoms with Crippen LogP contribution < -0.4 is 5.32 Å². The molecule has 4 heteroatoms. The fourth-order valence-electron chi connectivity index (χ4n) is 1.72. The SMILES string of the molecule is C=C(NC(=O)CCC(Br)CCC)c1cccc(Cl)c1. The molecule has 19 heavy (non-hydrogen) atoms. The van der Waals surface area contributed by atoms with Crippen molar-refractivity contribution in [1.29, 1.82) is 0 Å². The number of carbonyl (C=O) groups excluding carboxylic acids is 1. The first kappa shape index (κ1) is 16.3. The predicted molar refractivity (Wildman–Crippen MR) is 85.5 cm³/mol. The van der Waals surface area contributed by atoms with Gasteiger partial charge in [-0.1, -0.05) is 59.6 Å². The van der Waals surface area contributed by atoms with E-state index in [-0.39, 0.29) is 5.91 Å². The van der Waals surface area contributed by atoms with Crippen LogP contribution in [0.15, 0.2) is 30.8 Å². The first-order valence-corrected chi connectivity index (χ1v) is 7.71. The van der Waals surface area contributed by atoms with Gasteiger partial charge in [0.25, 0.3) is 0 Å². The number of nitrogens with one attached hydrogen (secondary N) is 1. The summed E-state index contributed by atoms with van der Waals surface area (Å²) in [7, 11) is 0. The maximum Gasteiger partial charge on any atom is 0.224 e. The van der Waals surface area contributed by atoms with Crippen molar-refractivity contribution in [1.82, 2.24) is 5.32 Å². The largest absolute Gasteiger partial charge is 0.326 e. The molecule has 0 radical (unpaired) electrons. The highest BCUT2D eigenvalue weighted by Crippen LogP contribution is 2.17. The Morgan fingerprint density at radius 2 is 2.21 bits per heavy atom. The quantitative estimate of drug-likeness (QED) is 0.709. The topological polar surface area (TPSA) is 29.1 Å². The van der Waals surface area contributed by atoms with E-state index in [1.165, 1.54) is 0 Å². The number of rotatable bonds is 7. The third-order valence-electron chi connectivity index (χ3n) is 2.75. The molecule has 1 amide bonds. The van der Waals surface area contributed by atoms with Crippen LogP contribution in [0.3, 0.4) is 0 Å². The van der Waals surface area contributed by atoms with Crippen LogP contribution in [-0.2, 0) is 4.79 Å². The minimum atomic E-state index is -0.00877. The van der Waals surface area contributed by atoms with Gasteiger partial charge in [-0.15, -0.1) is 0 Å². The number of benzene rings is 1. The van der Waals surface area contributed by atoms with Crippen LogP contribution in [-0.4, -0.2) is 10.7 Å². The second-order valence-electron chi connectivity index (χ2n) is 4.46. The Bertz CT molecular complexity index is 448. The average Bonchev–Trinajstić information content (AvgIpc) is 2.36. The van der Waals surface area contributed by atoms with E-state index in [4.69, 9.17) is 11.6 Å². The lowest BCUT2D eigenvalue weighted by molar-refractivity contribution is -0.120. The van der Waals surface area contributed by atoms with Gasteiger partial charge in [0, 0.05) is 22.0 Å². The molecule has 104 valence electrons. The normalized spacial score (nSPS) is 11.9. The van der Waals surface area contributed by atoms with E-state index in [1.807, 2.05) is 12.1 Å². The highest BCUT2D eigenvalue weighted by Gasteiger charge is 2.09. The molecule has 0 saturated carbocycles. The van der Waals surface area contributed by atoms with Crippen LogP contribution in [0, 0.1) is 0 Å². The van der Waals surface area contributed by atoms with E-state index < -0.39 is 0 Å². The molecule has 0 bridgehead atoms. The van der Waals surface area contributed by atoms with Crippen molar-refractivity contribution in [2.24, 2.45) is 0 Å². The van der Waals surface area contributed by atoms with Gasteiger partial charge >= 0.3 is 0 Å². The Balaban J connectivity index is 2.42. The summed E-state index contributed by atoms with van der Waals surface area (Å²) < 4.78 is 0. The standard InChI is InChI=1S/C15H19BrClNO/c1-3-5-13(16)8-9-15(19)18-11(2)12-6-4-7-14(17)10-12/h4,6-7,10,13H,2-3,5,8-9H2,1H3,(H,18,19). The number of alkyl halides is 1. The molecule has 1 aromatic rings. The number of carbonyl (C=O) groups is 1. The molecule has 0 spiro atoms. The lowest BCUT2D eigenvalue weighted by atomic mass is 10.1. The Morgan fingerprint density at radius 1 is 1.47 bits per heavy atom. The monoisotopic (exact) mass is 343 g/mol. The minimum absolute atomic E-state index is 0.00877. The van der Waals surface area contributed by atoms with Crippen molar-refractivity contribution in [2.75, 3.05) is 0 Å². The van der Waals surface area contributed by atoms with Crippen LogP contribution in [0.5, 0.6) is 0 Å². The smallest absolute Gasteiger partial charge is 0.224 e. The summed E-state index contributed by atoms with van der Waals surface area (Å²) in [6.45, 7) is 6.00. The molecule has 0 saturated heterocycles. The average molecular weight is 345 g/mol. The zero-order valence-corrected chi connectivity index (χ0v) is 13.4. The van der Waals surface area contributed by atoms with Crippen molar-refractivity contribution < 1.29 is 4.79 Å². The van der Waals surface area contributed by atoms with Crippen molar-refractivity contribution >= 4 is 39.1 Å². The number of amides is 1. The van der Waals surface area contributed by atoms with E-state index in [0.717, 1.165) is 24.8 Å². The van der Waals surface area contributed by atoms with Gasteiger partial charge in [0.15, 0.2) is 0 Å². The van der Waals surface area contributed by atoms with Crippen LogP contribution in [0.2, 0.25) is 5.02 Å². The second-order valence-corrected chi connectivity index (χ2v) is 6.19. The Morgan fingerprint density at radius 3 is 2.84 bits per heavy atom. The minimum Gasteiger partial charge on any atom is -0.326 e. The number of hydrogen-bond acceptors (Lipinski definition) is 1. The fraction of sp³-hybridized carbons (Fsp3) is 0.400. The summed E-state index contributed by atoms with van der Waals surface area (Å²) in [6, 6.07) is 7.29. The van der Waals surface area contributed by atoms with E-state index >= 15 is 0 Å². The summed E-state index contributed by atoms with van der Waals surface area (Å²) >= 11 is 9.47. The van der Waals surface area contributed by atoms with Gasteiger partial charge in [0.2, 0.25) is 5.91 Å². The van der Waals surface area contributed by atoms with Gasteiger partial charge in [0.1, 0.15) is 0 Å². The molecule has 1 rings (SSSR count). The molecule has 1 unspecified atom stereocenters. The Labute approximate surface area is 128 Å². The molecule has 1 N–H and O–H groups in total. The summed E-state index contributed by atoms with van der Waals surface area (Å²) in [6.07, 6.45) is 3.53. The van der Waals surface area contributed by atoms with Gasteiger partial charge in [-0.3, -0.25) is 4.79 Å². The summed E-state index contributed by atoms with van der Waals surface area (Å²) in [5, 5.41) is 3.44. The van der Waals surface area contributed by atoms with E-state index in [9.17, 15) is 4.79 Å². The molecule has 0 aliphatic rings. The second kappa shape index (κ2) is 8.39. The zero-order valence-electron chi connectivity index (χ0n) is 11.1. The summed E-state index contributed by atoms with van der Waals surface area (Å²) in [5.41, 5.74) is 1.43. The molecule has 0 aromatic heterocycles. The predicted octanol–water partition coefficient (Wildman–Crippen LogP) is 4.77. The van der Waals surface area contributed by atoms with E-state index in [1.54, 1.807) is 12.1 Å². The lowest BCUT2D eigenvalue weighted by Crippen LogP contribution is -2.21. The molecule has 0 fully saturated rings. The van der Waals surface area contributed by atoms with Gasteiger partial charge in [0.05, 0.1) is 0 Å². The van der Waals surface area contributed by atoms with E-state index in [0.29, 0.717) is 22.0 Å². The third-order valence-corrected chi connectivity index (χ3v) is 3.90. The zero-order chi connectivity index (χ0) is 14.3.